The highest BCUT2D eigenvalue weighted by atomic mass is 32.2. The Bertz CT molecular complexity index is 326. The molecule has 76 valence electrons. The summed E-state index contributed by atoms with van der Waals surface area (Å²) in [4.78, 5) is 25.1. The zero-order valence-electron chi connectivity index (χ0n) is 7.19. The van der Waals surface area contributed by atoms with Crippen LogP contribution in [0.25, 0.3) is 0 Å². The minimum Gasteiger partial charge on any atom is -0.357 e. The second kappa shape index (κ2) is 5.61. The van der Waals surface area contributed by atoms with Gasteiger partial charge in [0.2, 0.25) is 6.41 Å². The molecule has 1 heterocycles. The Kier molecular flexibility index (Phi) is 4.41. The predicted octanol–water partition coefficient (Wildman–Crippen LogP) is -0.0924. The normalized spacial score (nSPS) is 9.50. The summed E-state index contributed by atoms with van der Waals surface area (Å²) >= 11 is 5.37. The molecule has 1 aromatic heterocycles. The van der Waals surface area contributed by atoms with Crippen molar-refractivity contribution in [3.8, 4) is 0 Å². The SMILES string of the molecule is O=CNCCNC(=O)c1ncsc1S. The number of thiazole rings is 1. The van der Waals surface area contributed by atoms with Crippen molar-refractivity contribution in [3.05, 3.63) is 11.2 Å². The topological polar surface area (TPSA) is 71.1 Å². The van der Waals surface area contributed by atoms with Crippen molar-refractivity contribution in [2.45, 2.75) is 4.21 Å². The van der Waals surface area contributed by atoms with Gasteiger partial charge in [-0.3, -0.25) is 9.59 Å². The Labute approximate surface area is 90.3 Å². The second-order valence-electron chi connectivity index (χ2n) is 2.33. The zero-order valence-corrected chi connectivity index (χ0v) is 8.90. The Morgan fingerprint density at radius 1 is 1.64 bits per heavy atom. The van der Waals surface area contributed by atoms with Gasteiger partial charge >= 0.3 is 0 Å². The Balaban J connectivity index is 2.36. The molecule has 0 radical (unpaired) electrons. The fourth-order valence-corrected chi connectivity index (χ4v) is 1.60. The number of thiol groups is 1. The van der Waals surface area contributed by atoms with Crippen LogP contribution in [0.15, 0.2) is 9.72 Å². The lowest BCUT2D eigenvalue weighted by molar-refractivity contribution is -0.109. The number of carbonyl (C=O) groups is 2. The Morgan fingerprint density at radius 3 is 3.00 bits per heavy atom. The van der Waals surface area contributed by atoms with Crippen molar-refractivity contribution in [2.24, 2.45) is 0 Å². The van der Waals surface area contributed by atoms with Crippen LogP contribution in [-0.4, -0.2) is 30.4 Å². The fraction of sp³-hybridized carbons (Fsp3) is 0.286. The molecular weight excluding hydrogens is 222 g/mol. The van der Waals surface area contributed by atoms with E-state index in [0.29, 0.717) is 29.4 Å². The van der Waals surface area contributed by atoms with E-state index in [0.717, 1.165) is 0 Å². The van der Waals surface area contributed by atoms with Crippen LogP contribution in [-0.2, 0) is 4.79 Å². The molecule has 2 amide bonds. The highest BCUT2D eigenvalue weighted by molar-refractivity contribution is 7.82. The van der Waals surface area contributed by atoms with Gasteiger partial charge in [0.05, 0.1) is 9.72 Å². The van der Waals surface area contributed by atoms with Crippen LogP contribution in [0, 0.1) is 0 Å². The van der Waals surface area contributed by atoms with Crippen molar-refractivity contribution in [1.82, 2.24) is 15.6 Å². The van der Waals surface area contributed by atoms with E-state index in [1.807, 2.05) is 0 Å². The first-order valence-corrected chi connectivity index (χ1v) is 5.16. The number of hydrogen-bond donors (Lipinski definition) is 3. The number of hydrogen-bond acceptors (Lipinski definition) is 5. The molecule has 0 aliphatic carbocycles. The van der Waals surface area contributed by atoms with Crippen LogP contribution in [0.4, 0.5) is 0 Å². The molecule has 0 aliphatic heterocycles. The van der Waals surface area contributed by atoms with E-state index in [2.05, 4.69) is 28.2 Å². The van der Waals surface area contributed by atoms with Gasteiger partial charge < -0.3 is 10.6 Å². The number of carbonyl (C=O) groups excluding carboxylic acids is 2. The molecule has 1 rings (SSSR count). The molecule has 0 aliphatic rings. The quantitative estimate of drug-likeness (QED) is 0.377. The standard InChI is InChI=1S/C7H9N3O2S2/c11-3-8-1-2-9-6(12)5-7(13)14-4-10-5/h3-4,13H,1-2H2,(H,8,11)(H,9,12). The molecule has 0 bridgehead atoms. The smallest absolute Gasteiger partial charge is 0.271 e. The van der Waals surface area contributed by atoms with Gasteiger partial charge in [0.15, 0.2) is 5.69 Å². The molecular formula is C7H9N3O2S2. The molecule has 0 unspecified atom stereocenters. The molecule has 0 spiro atoms. The number of aromatic nitrogens is 1. The molecule has 14 heavy (non-hydrogen) atoms. The summed E-state index contributed by atoms with van der Waals surface area (Å²) in [5, 5.41) is 5.03. The molecule has 0 atom stereocenters. The van der Waals surface area contributed by atoms with Crippen LogP contribution in [0.1, 0.15) is 10.5 Å². The zero-order chi connectivity index (χ0) is 10.4. The number of nitrogens with one attached hydrogen (secondary N) is 2. The van der Waals surface area contributed by atoms with E-state index in [9.17, 15) is 9.59 Å². The van der Waals surface area contributed by atoms with Gasteiger partial charge in [-0.2, -0.15) is 0 Å². The van der Waals surface area contributed by atoms with Crippen molar-refractivity contribution in [2.75, 3.05) is 13.1 Å². The van der Waals surface area contributed by atoms with Gasteiger partial charge in [0, 0.05) is 13.1 Å². The Hall–Kier alpha value is -1.08. The van der Waals surface area contributed by atoms with Gasteiger partial charge in [-0.25, -0.2) is 4.98 Å². The summed E-state index contributed by atoms with van der Waals surface area (Å²) in [5.41, 5.74) is 1.88. The van der Waals surface area contributed by atoms with E-state index >= 15 is 0 Å². The summed E-state index contributed by atoms with van der Waals surface area (Å²) < 4.78 is 0.589. The maximum atomic E-state index is 11.4. The molecule has 0 saturated heterocycles. The monoisotopic (exact) mass is 231 g/mol. The average Bonchev–Trinajstić information content (AvgIpc) is 2.59. The predicted molar refractivity (Wildman–Crippen MR) is 55.8 cm³/mol. The highest BCUT2D eigenvalue weighted by Gasteiger charge is 2.10. The first-order chi connectivity index (χ1) is 6.75. The Morgan fingerprint density at radius 2 is 2.43 bits per heavy atom. The molecule has 2 N–H and O–H groups in total. The minimum atomic E-state index is -0.274. The van der Waals surface area contributed by atoms with Crippen LogP contribution in [0.3, 0.4) is 0 Å². The lowest BCUT2D eigenvalue weighted by Gasteiger charge is -2.02. The van der Waals surface area contributed by atoms with Gasteiger partial charge in [0.1, 0.15) is 0 Å². The van der Waals surface area contributed by atoms with E-state index in [-0.39, 0.29) is 5.91 Å². The maximum Gasteiger partial charge on any atom is 0.271 e. The fourth-order valence-electron chi connectivity index (χ4n) is 0.787. The molecule has 1 aromatic rings. The van der Waals surface area contributed by atoms with E-state index in [1.54, 1.807) is 5.51 Å². The molecule has 7 heteroatoms. The molecule has 0 saturated carbocycles. The van der Waals surface area contributed by atoms with Gasteiger partial charge in [-0.15, -0.1) is 24.0 Å². The van der Waals surface area contributed by atoms with E-state index in [1.165, 1.54) is 11.3 Å². The van der Waals surface area contributed by atoms with Crippen LogP contribution in [0.5, 0.6) is 0 Å². The van der Waals surface area contributed by atoms with Crippen LogP contribution >= 0.6 is 24.0 Å². The van der Waals surface area contributed by atoms with E-state index < -0.39 is 0 Å². The summed E-state index contributed by atoms with van der Waals surface area (Å²) in [6, 6.07) is 0. The highest BCUT2D eigenvalue weighted by Crippen LogP contribution is 2.16. The number of amides is 2. The second-order valence-corrected chi connectivity index (χ2v) is 3.94. The third-order valence-corrected chi connectivity index (χ3v) is 2.56. The number of rotatable bonds is 5. The van der Waals surface area contributed by atoms with E-state index in [4.69, 9.17) is 0 Å². The molecule has 0 aromatic carbocycles. The summed E-state index contributed by atoms with van der Waals surface area (Å²) in [6.45, 7) is 0.781. The summed E-state index contributed by atoms with van der Waals surface area (Å²) in [5.74, 6) is -0.274. The lowest BCUT2D eigenvalue weighted by Crippen LogP contribution is -2.31. The number of nitrogens with zero attached hydrogens (tertiary/aromatic N) is 1. The largest absolute Gasteiger partial charge is 0.357 e. The first-order valence-electron chi connectivity index (χ1n) is 3.83. The van der Waals surface area contributed by atoms with Gasteiger partial charge in [-0.05, 0) is 0 Å². The first kappa shape index (κ1) is 11.0. The summed E-state index contributed by atoms with van der Waals surface area (Å²) in [7, 11) is 0. The minimum absolute atomic E-state index is 0.274. The van der Waals surface area contributed by atoms with Gasteiger partial charge in [-0.1, -0.05) is 0 Å². The third-order valence-electron chi connectivity index (χ3n) is 1.40. The lowest BCUT2D eigenvalue weighted by atomic mass is 10.4. The summed E-state index contributed by atoms with van der Waals surface area (Å²) in [6.07, 6.45) is 0.582. The van der Waals surface area contributed by atoms with Crippen molar-refractivity contribution in [1.29, 1.82) is 0 Å². The van der Waals surface area contributed by atoms with Crippen molar-refractivity contribution >= 4 is 36.3 Å². The van der Waals surface area contributed by atoms with Crippen LogP contribution in [0.2, 0.25) is 0 Å². The van der Waals surface area contributed by atoms with Crippen molar-refractivity contribution in [3.63, 3.8) is 0 Å². The molecule has 5 nitrogen and oxygen atoms in total. The average molecular weight is 231 g/mol. The van der Waals surface area contributed by atoms with Gasteiger partial charge in [0.25, 0.3) is 5.91 Å². The van der Waals surface area contributed by atoms with Crippen molar-refractivity contribution < 1.29 is 9.59 Å². The maximum absolute atomic E-state index is 11.4. The van der Waals surface area contributed by atoms with Crippen LogP contribution < -0.4 is 10.6 Å². The third kappa shape index (κ3) is 3.00. The molecule has 0 fully saturated rings.